The largest absolute Gasteiger partial charge is 0.314 e. The first-order valence-corrected chi connectivity index (χ1v) is 6.10. The van der Waals surface area contributed by atoms with Crippen LogP contribution in [0, 0.1) is 0 Å². The van der Waals surface area contributed by atoms with Crippen molar-refractivity contribution in [2.45, 2.75) is 64.6 Å². The van der Waals surface area contributed by atoms with Crippen molar-refractivity contribution in [2.24, 2.45) is 0 Å². The molecule has 1 fully saturated rings. The average Bonchev–Trinajstić information content (AvgIpc) is 2.99. The van der Waals surface area contributed by atoms with Gasteiger partial charge in [-0.15, -0.1) is 0 Å². The van der Waals surface area contributed by atoms with Crippen LogP contribution in [0.5, 0.6) is 0 Å². The molecule has 2 nitrogen and oxygen atoms in total. The predicted octanol–water partition coefficient (Wildman–Crippen LogP) is 2.25. The number of rotatable bonds is 7. The normalized spacial score (nSPS) is 21.2. The zero-order valence-corrected chi connectivity index (χ0v) is 10.2. The number of nitrogens with one attached hydrogen (secondary N) is 1. The summed E-state index contributed by atoms with van der Waals surface area (Å²) < 4.78 is 0. The zero-order chi connectivity index (χ0) is 10.6. The molecule has 84 valence electrons. The lowest BCUT2D eigenvalue weighted by atomic mass is 10.1. The highest BCUT2D eigenvalue weighted by Gasteiger charge is 2.20. The maximum absolute atomic E-state index is 3.57. The summed E-state index contributed by atoms with van der Waals surface area (Å²) >= 11 is 0. The van der Waals surface area contributed by atoms with Gasteiger partial charge in [0.25, 0.3) is 0 Å². The fourth-order valence-corrected chi connectivity index (χ4v) is 1.71. The van der Waals surface area contributed by atoms with Gasteiger partial charge in [0.1, 0.15) is 0 Å². The van der Waals surface area contributed by atoms with Crippen molar-refractivity contribution < 1.29 is 0 Å². The molecule has 0 saturated heterocycles. The molecule has 0 radical (unpaired) electrons. The standard InChI is InChI=1S/C12H26N2/c1-5-10(2)14(4)11(3)8-9-13-12-6-7-12/h10-13H,5-9H2,1-4H3. The van der Waals surface area contributed by atoms with Crippen LogP contribution in [0.1, 0.15) is 46.5 Å². The molecule has 2 heteroatoms. The van der Waals surface area contributed by atoms with Crippen LogP contribution in [0.4, 0.5) is 0 Å². The molecule has 0 amide bonds. The van der Waals surface area contributed by atoms with Gasteiger partial charge >= 0.3 is 0 Å². The maximum atomic E-state index is 3.57. The zero-order valence-electron chi connectivity index (χ0n) is 10.2. The molecule has 0 aromatic heterocycles. The van der Waals surface area contributed by atoms with E-state index in [0.29, 0.717) is 12.1 Å². The highest BCUT2D eigenvalue weighted by Crippen LogP contribution is 2.18. The molecule has 1 N–H and O–H groups in total. The molecule has 1 aliphatic carbocycles. The highest BCUT2D eigenvalue weighted by atomic mass is 15.1. The van der Waals surface area contributed by atoms with Crippen molar-refractivity contribution in [1.29, 1.82) is 0 Å². The lowest BCUT2D eigenvalue weighted by molar-refractivity contribution is 0.182. The molecule has 0 aromatic rings. The van der Waals surface area contributed by atoms with Crippen LogP contribution in [0.3, 0.4) is 0 Å². The Morgan fingerprint density at radius 2 is 1.93 bits per heavy atom. The third-order valence-electron chi connectivity index (χ3n) is 3.55. The molecule has 0 heterocycles. The Balaban J connectivity index is 2.08. The Bertz CT molecular complexity index is 154. The van der Waals surface area contributed by atoms with Crippen molar-refractivity contribution in [3.8, 4) is 0 Å². The van der Waals surface area contributed by atoms with Gasteiger partial charge in [0, 0.05) is 18.1 Å². The van der Waals surface area contributed by atoms with Gasteiger partial charge in [-0.3, -0.25) is 0 Å². The molecule has 2 atom stereocenters. The fourth-order valence-electron chi connectivity index (χ4n) is 1.71. The monoisotopic (exact) mass is 198 g/mol. The van der Waals surface area contributed by atoms with Crippen LogP contribution in [0.15, 0.2) is 0 Å². The Morgan fingerprint density at radius 3 is 2.43 bits per heavy atom. The molecule has 1 saturated carbocycles. The molecule has 2 unspecified atom stereocenters. The summed E-state index contributed by atoms with van der Waals surface area (Å²) in [6.07, 6.45) is 5.32. The van der Waals surface area contributed by atoms with E-state index in [-0.39, 0.29) is 0 Å². The van der Waals surface area contributed by atoms with Gasteiger partial charge in [-0.2, -0.15) is 0 Å². The minimum absolute atomic E-state index is 0.705. The number of hydrogen-bond acceptors (Lipinski definition) is 2. The van der Waals surface area contributed by atoms with Gasteiger partial charge in [-0.05, 0) is 53.1 Å². The van der Waals surface area contributed by atoms with Gasteiger partial charge in [0.2, 0.25) is 0 Å². The first-order valence-electron chi connectivity index (χ1n) is 6.10. The van der Waals surface area contributed by atoms with E-state index in [1.807, 2.05) is 0 Å². The Morgan fingerprint density at radius 1 is 1.29 bits per heavy atom. The average molecular weight is 198 g/mol. The quantitative estimate of drug-likeness (QED) is 0.675. The molecule has 1 rings (SSSR count). The summed E-state index contributed by atoms with van der Waals surface area (Å²) in [6.45, 7) is 8.09. The molecule has 0 aromatic carbocycles. The Labute approximate surface area is 89.1 Å². The van der Waals surface area contributed by atoms with Crippen LogP contribution in [-0.2, 0) is 0 Å². The first-order chi connectivity index (χ1) is 6.65. The molecule has 14 heavy (non-hydrogen) atoms. The van der Waals surface area contributed by atoms with E-state index in [2.05, 4.69) is 38.0 Å². The van der Waals surface area contributed by atoms with Crippen molar-refractivity contribution in [1.82, 2.24) is 10.2 Å². The van der Waals surface area contributed by atoms with E-state index >= 15 is 0 Å². The Kier molecular flexibility index (Phi) is 4.90. The van der Waals surface area contributed by atoms with Crippen molar-refractivity contribution in [3.05, 3.63) is 0 Å². The first kappa shape index (κ1) is 12.0. The minimum atomic E-state index is 0.705. The molecule has 0 aliphatic heterocycles. The summed E-state index contributed by atoms with van der Waals surface area (Å²) in [5, 5.41) is 3.57. The third-order valence-corrected chi connectivity index (χ3v) is 3.55. The number of hydrogen-bond donors (Lipinski definition) is 1. The lowest BCUT2D eigenvalue weighted by Gasteiger charge is -2.30. The summed E-state index contributed by atoms with van der Waals surface area (Å²) in [5.41, 5.74) is 0. The third kappa shape index (κ3) is 3.97. The molecular formula is C12H26N2. The second-order valence-electron chi connectivity index (χ2n) is 4.79. The summed E-state index contributed by atoms with van der Waals surface area (Å²) in [7, 11) is 2.25. The smallest absolute Gasteiger partial charge is 0.00787 e. The SMILES string of the molecule is CCC(C)N(C)C(C)CCNC1CC1. The van der Waals surface area contributed by atoms with Crippen LogP contribution in [-0.4, -0.2) is 36.6 Å². The molecular weight excluding hydrogens is 172 g/mol. The van der Waals surface area contributed by atoms with Crippen LogP contribution in [0.25, 0.3) is 0 Å². The minimum Gasteiger partial charge on any atom is -0.314 e. The second-order valence-corrected chi connectivity index (χ2v) is 4.79. The van der Waals surface area contributed by atoms with Crippen LogP contribution >= 0.6 is 0 Å². The summed E-state index contributed by atoms with van der Waals surface area (Å²) in [4.78, 5) is 2.49. The van der Waals surface area contributed by atoms with E-state index < -0.39 is 0 Å². The van der Waals surface area contributed by atoms with Gasteiger partial charge in [-0.1, -0.05) is 6.92 Å². The molecule has 0 spiro atoms. The lowest BCUT2D eigenvalue weighted by Crippen LogP contribution is -2.38. The van der Waals surface area contributed by atoms with Gasteiger partial charge in [0.15, 0.2) is 0 Å². The second kappa shape index (κ2) is 5.72. The van der Waals surface area contributed by atoms with E-state index in [4.69, 9.17) is 0 Å². The van der Waals surface area contributed by atoms with Crippen molar-refractivity contribution in [2.75, 3.05) is 13.6 Å². The van der Waals surface area contributed by atoms with Crippen LogP contribution < -0.4 is 5.32 Å². The van der Waals surface area contributed by atoms with E-state index in [0.717, 1.165) is 6.04 Å². The topological polar surface area (TPSA) is 15.3 Å². The van der Waals surface area contributed by atoms with Crippen molar-refractivity contribution in [3.63, 3.8) is 0 Å². The Hall–Kier alpha value is -0.0800. The number of nitrogens with zero attached hydrogens (tertiary/aromatic N) is 1. The summed E-state index contributed by atoms with van der Waals surface area (Å²) in [6, 6.07) is 2.28. The fraction of sp³-hybridized carbons (Fsp3) is 1.00. The van der Waals surface area contributed by atoms with E-state index in [9.17, 15) is 0 Å². The van der Waals surface area contributed by atoms with Gasteiger partial charge in [0.05, 0.1) is 0 Å². The van der Waals surface area contributed by atoms with E-state index in [1.54, 1.807) is 0 Å². The van der Waals surface area contributed by atoms with E-state index in [1.165, 1.54) is 32.2 Å². The molecule has 1 aliphatic rings. The highest BCUT2D eigenvalue weighted by molar-refractivity contribution is 4.81. The van der Waals surface area contributed by atoms with Gasteiger partial charge < -0.3 is 10.2 Å². The predicted molar refractivity (Wildman–Crippen MR) is 62.6 cm³/mol. The summed E-state index contributed by atoms with van der Waals surface area (Å²) in [5.74, 6) is 0. The van der Waals surface area contributed by atoms with Crippen molar-refractivity contribution >= 4 is 0 Å². The molecule has 0 bridgehead atoms. The van der Waals surface area contributed by atoms with Crippen LogP contribution in [0.2, 0.25) is 0 Å². The maximum Gasteiger partial charge on any atom is 0.00787 e. The van der Waals surface area contributed by atoms with Gasteiger partial charge in [-0.25, -0.2) is 0 Å².